The molecule has 1 fully saturated rings. The number of aliphatic hydroxyl groups is 2. The zero-order chi connectivity index (χ0) is 15.4. The molecule has 1 aliphatic heterocycles. The lowest BCUT2D eigenvalue weighted by atomic mass is 9.88. The molecule has 0 aromatic heterocycles. The molecule has 1 heterocycles. The van der Waals surface area contributed by atoms with Gasteiger partial charge in [-0.15, -0.1) is 0 Å². The highest BCUT2D eigenvalue weighted by Gasteiger charge is 2.50. The van der Waals surface area contributed by atoms with Crippen LogP contribution in [0.5, 0.6) is 0 Å². The Morgan fingerprint density at radius 1 is 0.667 bits per heavy atom. The molecule has 0 amide bonds. The third-order valence-electron chi connectivity index (χ3n) is 3.41. The van der Waals surface area contributed by atoms with Gasteiger partial charge in [0.25, 0.3) is 0 Å². The van der Waals surface area contributed by atoms with Crippen molar-refractivity contribution in [3.63, 3.8) is 0 Å². The van der Waals surface area contributed by atoms with Crippen molar-refractivity contribution in [1.29, 1.82) is 0 Å². The average Bonchev–Trinajstić information content (AvgIpc) is 2.17. The molecule has 0 aromatic rings. The fourth-order valence-corrected chi connectivity index (χ4v) is 0.375. The Bertz CT molecular complexity index is 189. The van der Waals surface area contributed by atoms with Gasteiger partial charge in [0.05, 0.1) is 11.2 Å². The summed E-state index contributed by atoms with van der Waals surface area (Å²) in [7, 11) is 0. The first-order chi connectivity index (χ1) is 7.71. The summed E-state index contributed by atoms with van der Waals surface area (Å²) in [5, 5.41) is 18.2. The van der Waals surface area contributed by atoms with Gasteiger partial charge in [-0.3, -0.25) is 0 Å². The molecule has 1 rings (SSSR count). The van der Waals surface area contributed by atoms with Crippen LogP contribution in [-0.2, 0) is 9.78 Å². The third-order valence-corrected chi connectivity index (χ3v) is 3.41. The van der Waals surface area contributed by atoms with Gasteiger partial charge in [-0.05, 0) is 55.4 Å². The van der Waals surface area contributed by atoms with E-state index in [4.69, 9.17) is 20.0 Å². The van der Waals surface area contributed by atoms with E-state index in [1.165, 1.54) is 0 Å². The van der Waals surface area contributed by atoms with E-state index < -0.39 is 11.2 Å². The highest BCUT2D eigenvalue weighted by atomic mass is 17.3. The Balaban J connectivity index is 0. The van der Waals surface area contributed by atoms with E-state index in [1.54, 1.807) is 27.7 Å². The maximum atomic E-state index is 9.10. The molecule has 0 bridgehead atoms. The molecule has 0 saturated carbocycles. The first kappa shape index (κ1) is 20.2. The smallest absolute Gasteiger partial charge is 0.129 e. The molecule has 18 heavy (non-hydrogen) atoms. The van der Waals surface area contributed by atoms with Crippen LogP contribution in [0.1, 0.15) is 69.2 Å². The molecule has 0 radical (unpaired) electrons. The summed E-state index contributed by atoms with van der Waals surface area (Å²) in [5.74, 6) is 0. The summed E-state index contributed by atoms with van der Waals surface area (Å²) in [6.07, 6.45) is 0. The van der Waals surface area contributed by atoms with Crippen LogP contribution in [0.3, 0.4) is 0 Å². The summed E-state index contributed by atoms with van der Waals surface area (Å²) in [5.41, 5.74) is -2.22. The van der Waals surface area contributed by atoms with Crippen LogP contribution in [0.15, 0.2) is 0 Å². The van der Waals surface area contributed by atoms with Crippen molar-refractivity contribution in [1.82, 2.24) is 0 Å². The Morgan fingerprint density at radius 2 is 0.833 bits per heavy atom. The Kier molecular flexibility index (Phi) is 7.09. The number of rotatable bonds is 1. The van der Waals surface area contributed by atoms with Crippen molar-refractivity contribution < 1.29 is 20.0 Å². The first-order valence-electron chi connectivity index (χ1n) is 6.52. The van der Waals surface area contributed by atoms with Crippen LogP contribution in [0.2, 0.25) is 0 Å². The fourth-order valence-electron chi connectivity index (χ4n) is 0.375. The van der Waals surface area contributed by atoms with Gasteiger partial charge in [0.1, 0.15) is 11.2 Å². The maximum Gasteiger partial charge on any atom is 0.129 e. The van der Waals surface area contributed by atoms with Gasteiger partial charge in [-0.2, -0.15) is 0 Å². The second-order valence-electron chi connectivity index (χ2n) is 6.31. The summed E-state index contributed by atoms with van der Waals surface area (Å²) in [6, 6.07) is 0. The standard InChI is InChI=1S/C6H12O2.C6H14O2.C2H6/c1-5(2)6(3,4)8-7-5;1-5(2,7)6(3,4)8;1-2/h1-4H3;7-8H,1-4H3;1-2H3. The molecule has 2 N–H and O–H groups in total. The highest BCUT2D eigenvalue weighted by Crippen LogP contribution is 2.38. The average molecular weight is 264 g/mol. The molecule has 4 heteroatoms. The van der Waals surface area contributed by atoms with Gasteiger partial charge in [-0.1, -0.05) is 13.8 Å². The minimum atomic E-state index is -1.01. The van der Waals surface area contributed by atoms with Crippen molar-refractivity contribution in [3.8, 4) is 0 Å². The summed E-state index contributed by atoms with van der Waals surface area (Å²) >= 11 is 0. The van der Waals surface area contributed by atoms with E-state index in [9.17, 15) is 0 Å². The monoisotopic (exact) mass is 264 g/mol. The van der Waals surface area contributed by atoms with Crippen LogP contribution in [0.4, 0.5) is 0 Å². The van der Waals surface area contributed by atoms with Gasteiger partial charge in [0.15, 0.2) is 0 Å². The molecular formula is C14H32O4. The first-order valence-corrected chi connectivity index (χ1v) is 6.52. The van der Waals surface area contributed by atoms with Crippen molar-refractivity contribution in [3.05, 3.63) is 0 Å². The predicted octanol–water partition coefficient (Wildman–Crippen LogP) is 3.06. The predicted molar refractivity (Wildman–Crippen MR) is 74.3 cm³/mol. The van der Waals surface area contributed by atoms with Gasteiger partial charge < -0.3 is 10.2 Å². The minimum absolute atomic E-state index is 0.104. The maximum absolute atomic E-state index is 9.10. The summed E-state index contributed by atoms with van der Waals surface area (Å²) in [6.45, 7) is 18.3. The molecule has 0 spiro atoms. The molecule has 0 aromatic carbocycles. The second kappa shape index (κ2) is 6.33. The normalized spacial score (nSPS) is 20.7. The molecule has 0 aliphatic carbocycles. The second-order valence-corrected chi connectivity index (χ2v) is 6.31. The van der Waals surface area contributed by atoms with Crippen LogP contribution in [-0.4, -0.2) is 32.6 Å². The Hall–Kier alpha value is -0.160. The Labute approximate surface area is 112 Å². The van der Waals surface area contributed by atoms with E-state index in [0.717, 1.165) is 0 Å². The lowest BCUT2D eigenvalue weighted by Crippen LogP contribution is -2.59. The van der Waals surface area contributed by atoms with Crippen molar-refractivity contribution in [2.24, 2.45) is 0 Å². The number of hydrogen-bond acceptors (Lipinski definition) is 4. The SMILES string of the molecule is CC.CC(C)(O)C(C)(C)O.CC1(C)OOC1(C)C. The van der Waals surface area contributed by atoms with Crippen molar-refractivity contribution >= 4 is 0 Å². The van der Waals surface area contributed by atoms with Crippen LogP contribution in [0.25, 0.3) is 0 Å². The third kappa shape index (κ3) is 5.65. The van der Waals surface area contributed by atoms with Crippen LogP contribution in [0, 0.1) is 0 Å². The van der Waals surface area contributed by atoms with Gasteiger partial charge in [0.2, 0.25) is 0 Å². The van der Waals surface area contributed by atoms with Crippen LogP contribution >= 0.6 is 0 Å². The molecule has 4 nitrogen and oxygen atoms in total. The van der Waals surface area contributed by atoms with E-state index in [-0.39, 0.29) is 11.2 Å². The Morgan fingerprint density at radius 3 is 0.833 bits per heavy atom. The summed E-state index contributed by atoms with van der Waals surface area (Å²) in [4.78, 5) is 9.67. The fraction of sp³-hybridized carbons (Fsp3) is 1.00. The molecule has 1 saturated heterocycles. The number of hydrogen-bond donors (Lipinski definition) is 2. The highest BCUT2D eigenvalue weighted by molar-refractivity contribution is 4.92. The van der Waals surface area contributed by atoms with E-state index in [2.05, 4.69) is 0 Å². The van der Waals surface area contributed by atoms with Gasteiger partial charge in [-0.25, -0.2) is 9.78 Å². The topological polar surface area (TPSA) is 58.9 Å². The molecule has 1 aliphatic rings. The van der Waals surface area contributed by atoms with Crippen LogP contribution < -0.4 is 0 Å². The molecule has 112 valence electrons. The zero-order valence-corrected chi connectivity index (χ0v) is 13.7. The van der Waals surface area contributed by atoms with E-state index in [1.807, 2.05) is 41.5 Å². The lowest BCUT2D eigenvalue weighted by molar-refractivity contribution is -0.535. The molecule has 0 unspecified atom stereocenters. The lowest BCUT2D eigenvalue weighted by Gasteiger charge is -2.48. The zero-order valence-electron chi connectivity index (χ0n) is 13.7. The van der Waals surface area contributed by atoms with Gasteiger partial charge in [0, 0.05) is 0 Å². The largest absolute Gasteiger partial charge is 0.387 e. The van der Waals surface area contributed by atoms with Crippen molar-refractivity contribution in [2.45, 2.75) is 91.6 Å². The van der Waals surface area contributed by atoms with E-state index >= 15 is 0 Å². The minimum Gasteiger partial charge on any atom is -0.387 e. The van der Waals surface area contributed by atoms with Gasteiger partial charge >= 0.3 is 0 Å². The van der Waals surface area contributed by atoms with Crippen molar-refractivity contribution in [2.75, 3.05) is 0 Å². The molecular weight excluding hydrogens is 232 g/mol. The van der Waals surface area contributed by atoms with E-state index in [0.29, 0.717) is 0 Å². The quantitative estimate of drug-likeness (QED) is 0.715. The molecule has 0 atom stereocenters. The summed E-state index contributed by atoms with van der Waals surface area (Å²) < 4.78 is 0.